The third-order valence-electron chi connectivity index (χ3n) is 4.56. The van der Waals surface area contributed by atoms with Crippen LogP contribution in [-0.4, -0.2) is 0 Å². The highest BCUT2D eigenvalue weighted by Crippen LogP contribution is 2.48. The summed E-state index contributed by atoms with van der Waals surface area (Å²) in [6, 6.07) is 8.80. The number of hydrogen-bond donors (Lipinski definition) is 1. The Morgan fingerprint density at radius 3 is 2.56 bits per heavy atom. The zero-order valence-corrected chi connectivity index (χ0v) is 12.3. The molecular formula is C17H27N. The molecule has 1 saturated carbocycles. The van der Waals surface area contributed by atoms with Crippen LogP contribution in [0, 0.1) is 18.3 Å². The lowest BCUT2D eigenvalue weighted by Gasteiger charge is -2.48. The Hall–Kier alpha value is -0.820. The fourth-order valence-corrected chi connectivity index (χ4v) is 3.68. The van der Waals surface area contributed by atoms with Gasteiger partial charge in [-0.25, -0.2) is 0 Å². The first kappa shape index (κ1) is 13.6. The van der Waals surface area contributed by atoms with Gasteiger partial charge in [0.2, 0.25) is 0 Å². The van der Waals surface area contributed by atoms with Crippen LogP contribution in [0.15, 0.2) is 24.3 Å². The van der Waals surface area contributed by atoms with Crippen molar-refractivity contribution in [1.82, 2.24) is 0 Å². The summed E-state index contributed by atoms with van der Waals surface area (Å²) in [7, 11) is 0. The summed E-state index contributed by atoms with van der Waals surface area (Å²) in [5.74, 6) is 0.570. The van der Waals surface area contributed by atoms with Crippen LogP contribution in [-0.2, 0) is 5.54 Å². The van der Waals surface area contributed by atoms with E-state index in [2.05, 4.69) is 52.0 Å². The van der Waals surface area contributed by atoms with Crippen molar-refractivity contribution in [3.05, 3.63) is 35.4 Å². The molecule has 0 aliphatic heterocycles. The highest BCUT2D eigenvalue weighted by Gasteiger charge is 2.44. The topological polar surface area (TPSA) is 26.0 Å². The molecule has 0 radical (unpaired) electrons. The Kier molecular flexibility index (Phi) is 3.55. The van der Waals surface area contributed by atoms with Crippen molar-refractivity contribution in [3.63, 3.8) is 0 Å². The number of hydrogen-bond acceptors (Lipinski definition) is 1. The van der Waals surface area contributed by atoms with E-state index in [9.17, 15) is 0 Å². The third kappa shape index (κ3) is 2.47. The van der Waals surface area contributed by atoms with Crippen molar-refractivity contribution in [2.24, 2.45) is 17.1 Å². The summed E-state index contributed by atoms with van der Waals surface area (Å²) in [5, 5.41) is 0. The molecule has 0 saturated heterocycles. The number of benzene rings is 1. The van der Waals surface area contributed by atoms with E-state index in [1.807, 2.05) is 0 Å². The predicted molar refractivity (Wildman–Crippen MR) is 78.5 cm³/mol. The van der Waals surface area contributed by atoms with Gasteiger partial charge in [0, 0.05) is 5.54 Å². The first-order valence-corrected chi connectivity index (χ1v) is 7.20. The summed E-state index contributed by atoms with van der Waals surface area (Å²) >= 11 is 0. The molecule has 2 N–H and O–H groups in total. The zero-order valence-electron chi connectivity index (χ0n) is 12.3. The van der Waals surface area contributed by atoms with Crippen molar-refractivity contribution in [2.75, 3.05) is 0 Å². The summed E-state index contributed by atoms with van der Waals surface area (Å²) < 4.78 is 0. The van der Waals surface area contributed by atoms with Crippen molar-refractivity contribution < 1.29 is 0 Å². The second kappa shape index (κ2) is 4.70. The molecule has 18 heavy (non-hydrogen) atoms. The van der Waals surface area contributed by atoms with Crippen molar-refractivity contribution in [3.8, 4) is 0 Å². The smallest absolute Gasteiger partial charge is 0.0443 e. The first-order chi connectivity index (χ1) is 8.34. The van der Waals surface area contributed by atoms with Crippen molar-refractivity contribution >= 4 is 0 Å². The molecule has 1 heteroatoms. The summed E-state index contributed by atoms with van der Waals surface area (Å²) in [6.07, 6.45) is 4.97. The minimum Gasteiger partial charge on any atom is -0.321 e. The molecule has 0 heterocycles. The van der Waals surface area contributed by atoms with Crippen LogP contribution in [0.5, 0.6) is 0 Å². The van der Waals surface area contributed by atoms with Crippen LogP contribution in [0.2, 0.25) is 0 Å². The van der Waals surface area contributed by atoms with Gasteiger partial charge in [-0.3, -0.25) is 0 Å². The quantitative estimate of drug-likeness (QED) is 0.780. The van der Waals surface area contributed by atoms with Crippen LogP contribution in [0.25, 0.3) is 0 Å². The maximum Gasteiger partial charge on any atom is 0.0443 e. The standard InChI is InChI=1S/C17H27N/c1-13-8-7-9-14(12-13)17(18)11-6-5-10-15(17)16(2,3)4/h7-9,12,15H,5-6,10-11,18H2,1-4H3. The highest BCUT2D eigenvalue weighted by molar-refractivity contribution is 5.30. The largest absolute Gasteiger partial charge is 0.321 e. The highest BCUT2D eigenvalue weighted by atomic mass is 14.8. The Morgan fingerprint density at radius 1 is 1.22 bits per heavy atom. The molecule has 1 aliphatic rings. The number of aryl methyl sites for hydroxylation is 1. The zero-order chi connectivity index (χ0) is 13.4. The van der Waals surface area contributed by atoms with E-state index in [1.165, 1.54) is 30.4 Å². The Morgan fingerprint density at radius 2 is 1.94 bits per heavy atom. The minimum atomic E-state index is -0.136. The Labute approximate surface area is 112 Å². The van der Waals surface area contributed by atoms with E-state index in [-0.39, 0.29) is 11.0 Å². The molecule has 0 spiro atoms. The minimum absolute atomic E-state index is 0.136. The maximum absolute atomic E-state index is 6.88. The normalized spacial score (nSPS) is 29.3. The first-order valence-electron chi connectivity index (χ1n) is 7.20. The van der Waals surface area contributed by atoms with Crippen molar-refractivity contribution in [1.29, 1.82) is 0 Å². The molecule has 100 valence electrons. The lowest BCUT2D eigenvalue weighted by molar-refractivity contribution is 0.0778. The van der Waals surface area contributed by atoms with Crippen molar-refractivity contribution in [2.45, 2.75) is 58.9 Å². The molecule has 1 aliphatic carbocycles. The number of nitrogens with two attached hydrogens (primary N) is 1. The van der Waals surface area contributed by atoms with E-state index >= 15 is 0 Å². The van der Waals surface area contributed by atoms with E-state index in [0.29, 0.717) is 5.92 Å². The Bertz CT molecular complexity index is 416. The van der Waals surface area contributed by atoms with E-state index in [1.54, 1.807) is 0 Å². The van der Waals surface area contributed by atoms with Crippen LogP contribution in [0.3, 0.4) is 0 Å². The van der Waals surface area contributed by atoms with Gasteiger partial charge >= 0.3 is 0 Å². The average Bonchev–Trinajstić information content (AvgIpc) is 2.28. The molecule has 1 aromatic rings. The van der Waals surface area contributed by atoms with Gasteiger partial charge in [0.1, 0.15) is 0 Å². The fourth-order valence-electron chi connectivity index (χ4n) is 3.68. The molecule has 0 aromatic heterocycles. The second-order valence-electron chi connectivity index (χ2n) is 7.07. The van der Waals surface area contributed by atoms with Gasteiger partial charge in [0.15, 0.2) is 0 Å². The van der Waals surface area contributed by atoms with Gasteiger partial charge in [0.25, 0.3) is 0 Å². The van der Waals surface area contributed by atoms with E-state index < -0.39 is 0 Å². The van der Waals surface area contributed by atoms with E-state index in [0.717, 1.165) is 6.42 Å². The molecule has 1 fully saturated rings. The predicted octanol–water partition coefficient (Wildman–Crippen LogP) is 4.39. The molecule has 2 atom stereocenters. The molecule has 2 unspecified atom stereocenters. The second-order valence-corrected chi connectivity index (χ2v) is 7.07. The van der Waals surface area contributed by atoms with E-state index in [4.69, 9.17) is 5.73 Å². The van der Waals surface area contributed by atoms with Gasteiger partial charge in [0.05, 0.1) is 0 Å². The van der Waals surface area contributed by atoms with Gasteiger partial charge < -0.3 is 5.73 Å². The van der Waals surface area contributed by atoms with Crippen LogP contribution in [0.4, 0.5) is 0 Å². The summed E-state index contributed by atoms with van der Waals surface area (Å²) in [6.45, 7) is 9.16. The summed E-state index contributed by atoms with van der Waals surface area (Å²) in [4.78, 5) is 0. The van der Waals surface area contributed by atoms with Gasteiger partial charge in [-0.2, -0.15) is 0 Å². The maximum atomic E-state index is 6.88. The monoisotopic (exact) mass is 245 g/mol. The Balaban J connectivity index is 2.42. The molecular weight excluding hydrogens is 218 g/mol. The lowest BCUT2D eigenvalue weighted by atomic mass is 9.60. The van der Waals surface area contributed by atoms with Gasteiger partial charge in [-0.1, -0.05) is 63.4 Å². The average molecular weight is 245 g/mol. The van der Waals surface area contributed by atoms with Gasteiger partial charge in [-0.05, 0) is 36.7 Å². The number of rotatable bonds is 1. The molecule has 0 bridgehead atoms. The molecule has 1 aromatic carbocycles. The van der Waals surface area contributed by atoms with Crippen LogP contribution < -0.4 is 5.73 Å². The fraction of sp³-hybridized carbons (Fsp3) is 0.647. The lowest BCUT2D eigenvalue weighted by Crippen LogP contribution is -2.51. The molecule has 0 amide bonds. The molecule has 1 nitrogen and oxygen atoms in total. The third-order valence-corrected chi connectivity index (χ3v) is 4.56. The van der Waals surface area contributed by atoms with Crippen LogP contribution >= 0.6 is 0 Å². The van der Waals surface area contributed by atoms with Gasteiger partial charge in [-0.15, -0.1) is 0 Å². The SMILES string of the molecule is Cc1cccc(C2(N)CCCCC2C(C)(C)C)c1. The summed E-state index contributed by atoms with van der Waals surface area (Å²) in [5.41, 5.74) is 9.67. The van der Waals surface area contributed by atoms with Crippen LogP contribution in [0.1, 0.15) is 57.6 Å². The molecule has 2 rings (SSSR count).